The van der Waals surface area contributed by atoms with E-state index < -0.39 is 10.1 Å². The zero-order valence-corrected chi connectivity index (χ0v) is 9.45. The third-order valence-electron chi connectivity index (χ3n) is 1.18. The number of allylic oxidation sites excluding steroid dienone is 5. The van der Waals surface area contributed by atoms with Crippen molar-refractivity contribution in [1.82, 2.24) is 0 Å². The normalized spacial score (nSPS) is 14.9. The van der Waals surface area contributed by atoms with Gasteiger partial charge >= 0.3 is 0 Å². The van der Waals surface area contributed by atoms with Gasteiger partial charge in [-0.25, -0.2) is 0 Å². The Hall–Kier alpha value is -0.870. The van der Waals surface area contributed by atoms with E-state index in [1.807, 2.05) is 12.2 Å². The third-order valence-corrected chi connectivity index (χ3v) is 1.68. The van der Waals surface area contributed by atoms with Crippen molar-refractivity contribution in [3.05, 3.63) is 35.8 Å². The first kappa shape index (κ1) is 13.1. The summed E-state index contributed by atoms with van der Waals surface area (Å²) in [5, 5.41) is 0.731. The zero-order valence-electron chi connectivity index (χ0n) is 8.64. The predicted octanol–water partition coefficient (Wildman–Crippen LogP) is 2.55. The topological polar surface area (TPSA) is 54.4 Å². The Labute approximate surface area is 85.6 Å². The smallest absolute Gasteiger partial charge is 0.282 e. The van der Waals surface area contributed by atoms with Crippen molar-refractivity contribution in [2.75, 3.05) is 0 Å². The third kappa shape index (κ3) is 11.1. The van der Waals surface area contributed by atoms with Crippen LogP contribution >= 0.6 is 0 Å². The van der Waals surface area contributed by atoms with Crippen LogP contribution in [0.3, 0.4) is 0 Å². The zero-order chi connectivity index (χ0) is 11.2. The minimum Gasteiger partial charge on any atom is -0.282 e. The van der Waals surface area contributed by atoms with Gasteiger partial charge in [-0.2, -0.15) is 8.42 Å². The molecule has 0 spiro atoms. The fraction of sp³-hybridized carbons (Fsp3) is 0.400. The van der Waals surface area contributed by atoms with Gasteiger partial charge in [0, 0.05) is 0 Å². The van der Waals surface area contributed by atoms with E-state index in [1.165, 1.54) is 12.2 Å². The van der Waals surface area contributed by atoms with Crippen LogP contribution in [0, 0.1) is 5.41 Å². The molecule has 1 N–H and O–H groups in total. The maximum Gasteiger partial charge on any atom is 0.287 e. The Morgan fingerprint density at radius 1 is 1.00 bits per heavy atom. The number of rotatable bonds is 3. The highest BCUT2D eigenvalue weighted by molar-refractivity contribution is 7.88. The van der Waals surface area contributed by atoms with E-state index in [4.69, 9.17) is 4.55 Å². The van der Waals surface area contributed by atoms with Crippen molar-refractivity contribution in [3.63, 3.8) is 0 Å². The molecule has 0 amide bonds. The molecule has 0 heterocycles. The molecule has 0 saturated heterocycles. The molecule has 0 aromatic carbocycles. The Morgan fingerprint density at radius 2 is 1.50 bits per heavy atom. The van der Waals surface area contributed by atoms with Crippen LogP contribution < -0.4 is 0 Å². The predicted molar refractivity (Wildman–Crippen MR) is 58.4 cm³/mol. The van der Waals surface area contributed by atoms with Crippen molar-refractivity contribution >= 4 is 10.1 Å². The number of hydrogen-bond acceptors (Lipinski definition) is 2. The molecule has 4 heteroatoms. The lowest BCUT2D eigenvalue weighted by Crippen LogP contribution is -1.97. The molecule has 0 unspecified atom stereocenters. The van der Waals surface area contributed by atoms with Crippen LogP contribution in [0.4, 0.5) is 0 Å². The number of hydrogen-bond donors (Lipinski definition) is 1. The van der Waals surface area contributed by atoms with Crippen LogP contribution in [0.2, 0.25) is 0 Å². The fourth-order valence-electron chi connectivity index (χ4n) is 0.617. The highest BCUT2D eigenvalue weighted by Crippen LogP contribution is 2.14. The molecule has 0 aliphatic heterocycles. The summed E-state index contributed by atoms with van der Waals surface area (Å²) >= 11 is 0. The van der Waals surface area contributed by atoms with Gasteiger partial charge in [-0.1, -0.05) is 45.1 Å². The van der Waals surface area contributed by atoms with E-state index in [0.717, 1.165) is 5.41 Å². The second-order valence-corrected chi connectivity index (χ2v) is 5.26. The molecular formula is C10H16O3S. The first-order valence-corrected chi connectivity index (χ1v) is 5.71. The molecule has 0 aromatic rings. The first-order valence-electron chi connectivity index (χ1n) is 4.21. The van der Waals surface area contributed by atoms with Crippen molar-refractivity contribution < 1.29 is 13.0 Å². The lowest BCUT2D eigenvalue weighted by molar-refractivity contribution is 0.494. The Balaban J connectivity index is 4.12. The van der Waals surface area contributed by atoms with Crippen LogP contribution in [-0.4, -0.2) is 13.0 Å². The fourth-order valence-corrected chi connectivity index (χ4v) is 0.906. The van der Waals surface area contributed by atoms with Crippen molar-refractivity contribution in [2.24, 2.45) is 5.41 Å². The minimum atomic E-state index is -4.00. The lowest BCUT2D eigenvalue weighted by atomic mass is 9.96. The van der Waals surface area contributed by atoms with E-state index in [9.17, 15) is 8.42 Å². The maximum atomic E-state index is 10.2. The molecule has 80 valence electrons. The van der Waals surface area contributed by atoms with Crippen molar-refractivity contribution in [3.8, 4) is 0 Å². The largest absolute Gasteiger partial charge is 0.287 e. The van der Waals surface area contributed by atoms with Gasteiger partial charge in [0.05, 0.1) is 5.41 Å². The highest BCUT2D eigenvalue weighted by atomic mass is 32.2. The van der Waals surface area contributed by atoms with E-state index in [0.29, 0.717) is 0 Å². The van der Waals surface area contributed by atoms with Gasteiger partial charge < -0.3 is 0 Å². The summed E-state index contributed by atoms with van der Waals surface area (Å²) in [6, 6.07) is 0. The summed E-state index contributed by atoms with van der Waals surface area (Å²) in [5.74, 6) is 0. The summed E-state index contributed by atoms with van der Waals surface area (Å²) < 4.78 is 28.8. The van der Waals surface area contributed by atoms with Crippen LogP contribution in [0.15, 0.2) is 35.8 Å². The summed E-state index contributed by atoms with van der Waals surface area (Å²) in [6.45, 7) is 6.18. The molecule has 0 aliphatic rings. The molecule has 0 aromatic heterocycles. The van der Waals surface area contributed by atoms with Crippen LogP contribution in [-0.2, 0) is 10.1 Å². The second-order valence-electron chi connectivity index (χ2n) is 3.95. The van der Waals surface area contributed by atoms with E-state index in [1.54, 1.807) is 6.08 Å². The summed E-state index contributed by atoms with van der Waals surface area (Å²) in [5.41, 5.74) is 0.108. The molecule has 0 saturated carbocycles. The SMILES string of the molecule is CC(C)(C)C=CC=CC=CS(=O)(=O)O. The quantitative estimate of drug-likeness (QED) is 0.582. The lowest BCUT2D eigenvalue weighted by Gasteiger charge is -2.09. The molecule has 0 atom stereocenters. The van der Waals surface area contributed by atoms with Crippen molar-refractivity contribution in [1.29, 1.82) is 0 Å². The standard InChI is InChI=1S/C10H16O3S/c1-10(2,3)8-6-4-5-7-9-14(11,12)13/h4-9H,1-3H3,(H,11,12,13). The minimum absolute atomic E-state index is 0.108. The maximum absolute atomic E-state index is 10.2. The average molecular weight is 216 g/mol. The van der Waals surface area contributed by atoms with Gasteiger partial charge in [0.25, 0.3) is 10.1 Å². The first-order chi connectivity index (χ1) is 6.21. The second kappa shape index (κ2) is 5.12. The van der Waals surface area contributed by atoms with Gasteiger partial charge in [0.2, 0.25) is 0 Å². The Bertz CT molecular complexity index is 340. The summed E-state index contributed by atoms with van der Waals surface area (Å²) in [6.07, 6.45) is 8.32. The van der Waals surface area contributed by atoms with Gasteiger partial charge in [-0.3, -0.25) is 4.55 Å². The molecular weight excluding hydrogens is 200 g/mol. The Morgan fingerprint density at radius 3 is 1.93 bits per heavy atom. The van der Waals surface area contributed by atoms with Gasteiger partial charge in [0.1, 0.15) is 0 Å². The molecule has 0 fully saturated rings. The van der Waals surface area contributed by atoms with E-state index in [2.05, 4.69) is 20.8 Å². The molecule has 0 rings (SSSR count). The molecule has 0 bridgehead atoms. The van der Waals surface area contributed by atoms with Crippen molar-refractivity contribution in [2.45, 2.75) is 20.8 Å². The summed E-state index contributed by atoms with van der Waals surface area (Å²) in [4.78, 5) is 0. The van der Waals surface area contributed by atoms with Crippen LogP contribution in [0.25, 0.3) is 0 Å². The molecule has 0 aliphatic carbocycles. The highest BCUT2D eigenvalue weighted by Gasteiger charge is 2.01. The van der Waals surface area contributed by atoms with Gasteiger partial charge in [-0.05, 0) is 11.5 Å². The van der Waals surface area contributed by atoms with Crippen LogP contribution in [0.5, 0.6) is 0 Å². The molecule has 14 heavy (non-hydrogen) atoms. The van der Waals surface area contributed by atoms with Crippen LogP contribution in [0.1, 0.15) is 20.8 Å². The monoisotopic (exact) mass is 216 g/mol. The van der Waals surface area contributed by atoms with E-state index in [-0.39, 0.29) is 5.41 Å². The molecule has 0 radical (unpaired) electrons. The Kier molecular flexibility index (Phi) is 4.80. The average Bonchev–Trinajstić information content (AvgIpc) is 1.92. The van der Waals surface area contributed by atoms with Gasteiger partial charge in [-0.15, -0.1) is 0 Å². The van der Waals surface area contributed by atoms with Gasteiger partial charge in [0.15, 0.2) is 0 Å². The molecule has 3 nitrogen and oxygen atoms in total. The van der Waals surface area contributed by atoms with E-state index >= 15 is 0 Å². The summed E-state index contributed by atoms with van der Waals surface area (Å²) in [7, 11) is -4.00.